The Bertz CT molecular complexity index is 352. The Morgan fingerprint density at radius 1 is 1.62 bits per heavy atom. The van der Waals surface area contributed by atoms with E-state index in [-0.39, 0.29) is 17.9 Å². The number of hydrogen-bond acceptors (Lipinski definition) is 3. The van der Waals surface area contributed by atoms with E-state index in [2.05, 4.69) is 21.2 Å². The highest BCUT2D eigenvalue weighted by atomic mass is 79.9. The zero-order chi connectivity index (χ0) is 12.1. The Morgan fingerprint density at radius 3 is 2.81 bits per heavy atom. The van der Waals surface area contributed by atoms with Crippen LogP contribution in [0.25, 0.3) is 0 Å². The van der Waals surface area contributed by atoms with Crippen molar-refractivity contribution < 1.29 is 9.90 Å². The molecule has 1 unspecified atom stereocenters. The van der Waals surface area contributed by atoms with Crippen molar-refractivity contribution in [2.24, 2.45) is 5.92 Å². The van der Waals surface area contributed by atoms with E-state index in [1.165, 1.54) is 11.3 Å². The van der Waals surface area contributed by atoms with Gasteiger partial charge in [0.05, 0.1) is 6.10 Å². The lowest BCUT2D eigenvalue weighted by Gasteiger charge is -2.14. The molecule has 0 aliphatic rings. The van der Waals surface area contributed by atoms with Gasteiger partial charge in [-0.1, -0.05) is 13.8 Å². The van der Waals surface area contributed by atoms with Crippen LogP contribution >= 0.6 is 27.3 Å². The third kappa shape index (κ3) is 3.88. The van der Waals surface area contributed by atoms with Crippen LogP contribution in [0.2, 0.25) is 0 Å². The first-order valence-electron chi connectivity index (χ1n) is 5.21. The van der Waals surface area contributed by atoms with Gasteiger partial charge in [-0.25, -0.2) is 0 Å². The van der Waals surface area contributed by atoms with E-state index in [1.807, 2.05) is 25.3 Å². The molecule has 0 aliphatic heterocycles. The van der Waals surface area contributed by atoms with Crippen LogP contribution < -0.4 is 5.32 Å². The highest BCUT2D eigenvalue weighted by molar-refractivity contribution is 9.10. The molecule has 0 aliphatic carbocycles. The summed E-state index contributed by atoms with van der Waals surface area (Å²) in [5, 5.41) is 14.2. The van der Waals surface area contributed by atoms with Crippen molar-refractivity contribution in [1.82, 2.24) is 5.32 Å². The molecule has 1 heterocycles. The van der Waals surface area contributed by atoms with Crippen LogP contribution in [-0.4, -0.2) is 23.7 Å². The lowest BCUT2D eigenvalue weighted by Crippen LogP contribution is -2.28. The molecule has 1 amide bonds. The van der Waals surface area contributed by atoms with Gasteiger partial charge in [-0.15, -0.1) is 11.3 Å². The fourth-order valence-corrected chi connectivity index (χ4v) is 2.67. The summed E-state index contributed by atoms with van der Waals surface area (Å²) in [6.07, 6.45) is 0.235. The number of carbonyl (C=O) groups is 1. The minimum atomic E-state index is -0.355. The Balaban J connectivity index is 2.34. The molecule has 1 aromatic rings. The van der Waals surface area contributed by atoms with Gasteiger partial charge in [0.1, 0.15) is 4.88 Å². The van der Waals surface area contributed by atoms with Crippen LogP contribution in [0.4, 0.5) is 0 Å². The molecule has 1 atom stereocenters. The molecular formula is C11H16BrNO2S. The normalized spacial score (nSPS) is 12.8. The van der Waals surface area contributed by atoms with Gasteiger partial charge < -0.3 is 10.4 Å². The molecule has 0 saturated heterocycles. The van der Waals surface area contributed by atoms with Crippen molar-refractivity contribution in [2.75, 3.05) is 6.54 Å². The summed E-state index contributed by atoms with van der Waals surface area (Å²) in [4.78, 5) is 12.3. The minimum Gasteiger partial charge on any atom is -0.393 e. The maximum Gasteiger partial charge on any atom is 0.262 e. The first kappa shape index (κ1) is 13.7. The van der Waals surface area contributed by atoms with E-state index in [0.717, 1.165) is 4.47 Å². The summed E-state index contributed by atoms with van der Waals surface area (Å²) >= 11 is 4.71. The van der Waals surface area contributed by atoms with Crippen molar-refractivity contribution >= 4 is 33.2 Å². The molecule has 2 N–H and O–H groups in total. The molecule has 0 saturated carbocycles. The smallest absolute Gasteiger partial charge is 0.262 e. The van der Waals surface area contributed by atoms with Gasteiger partial charge in [0.15, 0.2) is 0 Å². The summed E-state index contributed by atoms with van der Waals surface area (Å²) < 4.78 is 0.819. The van der Waals surface area contributed by atoms with Gasteiger partial charge in [-0.05, 0) is 39.7 Å². The Labute approximate surface area is 108 Å². The first-order valence-corrected chi connectivity index (χ1v) is 6.89. The van der Waals surface area contributed by atoms with Gasteiger partial charge in [-0.2, -0.15) is 0 Å². The first-order chi connectivity index (χ1) is 7.52. The molecule has 0 aromatic carbocycles. The van der Waals surface area contributed by atoms with Crippen LogP contribution in [0, 0.1) is 5.92 Å². The second-order valence-corrected chi connectivity index (χ2v) is 5.72. The second-order valence-electron chi connectivity index (χ2n) is 3.95. The van der Waals surface area contributed by atoms with Crippen LogP contribution in [0.15, 0.2) is 15.9 Å². The van der Waals surface area contributed by atoms with E-state index >= 15 is 0 Å². The molecule has 5 heteroatoms. The minimum absolute atomic E-state index is 0.0853. The van der Waals surface area contributed by atoms with Gasteiger partial charge in [0.25, 0.3) is 5.91 Å². The number of rotatable bonds is 5. The Kier molecular flexibility index (Phi) is 5.44. The van der Waals surface area contributed by atoms with Crippen LogP contribution in [-0.2, 0) is 0 Å². The predicted octanol–water partition coefficient (Wildman–Crippen LogP) is 2.65. The van der Waals surface area contributed by atoms with Crippen molar-refractivity contribution in [3.8, 4) is 0 Å². The molecule has 0 radical (unpaired) electrons. The molecule has 1 rings (SSSR count). The maximum absolute atomic E-state index is 11.7. The molecule has 0 spiro atoms. The van der Waals surface area contributed by atoms with E-state index in [9.17, 15) is 9.90 Å². The SMILES string of the molecule is CC(C)C(O)CCNC(=O)c1sccc1Br. The second kappa shape index (κ2) is 6.37. The van der Waals surface area contributed by atoms with Crippen molar-refractivity contribution in [3.63, 3.8) is 0 Å². The highest BCUT2D eigenvalue weighted by Gasteiger charge is 2.12. The molecule has 16 heavy (non-hydrogen) atoms. The van der Waals surface area contributed by atoms with Crippen LogP contribution in [0.5, 0.6) is 0 Å². The lowest BCUT2D eigenvalue weighted by molar-refractivity contribution is 0.0923. The van der Waals surface area contributed by atoms with Crippen molar-refractivity contribution in [3.05, 3.63) is 20.8 Å². The summed E-state index contributed by atoms with van der Waals surface area (Å²) in [5.74, 6) is 0.142. The van der Waals surface area contributed by atoms with Crippen molar-refractivity contribution in [1.29, 1.82) is 0 Å². The van der Waals surface area contributed by atoms with Gasteiger partial charge in [0, 0.05) is 11.0 Å². The summed E-state index contributed by atoms with van der Waals surface area (Å²) in [7, 11) is 0. The molecule has 0 bridgehead atoms. The number of aliphatic hydroxyl groups is 1. The monoisotopic (exact) mass is 305 g/mol. The van der Waals surface area contributed by atoms with E-state index in [1.54, 1.807) is 0 Å². The zero-order valence-electron chi connectivity index (χ0n) is 9.37. The van der Waals surface area contributed by atoms with E-state index in [4.69, 9.17) is 0 Å². The third-order valence-electron chi connectivity index (χ3n) is 2.32. The predicted molar refractivity (Wildman–Crippen MR) is 69.8 cm³/mol. The number of aliphatic hydroxyl groups excluding tert-OH is 1. The maximum atomic E-state index is 11.7. The van der Waals surface area contributed by atoms with Crippen LogP contribution in [0.1, 0.15) is 29.9 Å². The quantitative estimate of drug-likeness (QED) is 0.878. The Hall–Kier alpha value is -0.390. The third-order valence-corrected chi connectivity index (χ3v) is 4.16. The number of thiophene rings is 1. The average Bonchev–Trinajstić information content (AvgIpc) is 2.64. The fraction of sp³-hybridized carbons (Fsp3) is 0.545. The van der Waals surface area contributed by atoms with E-state index in [0.29, 0.717) is 17.8 Å². The summed E-state index contributed by atoms with van der Waals surface area (Å²) in [5.41, 5.74) is 0. The molecule has 3 nitrogen and oxygen atoms in total. The number of halogens is 1. The lowest BCUT2D eigenvalue weighted by atomic mass is 10.0. The van der Waals surface area contributed by atoms with Crippen LogP contribution in [0.3, 0.4) is 0 Å². The number of nitrogens with one attached hydrogen (secondary N) is 1. The zero-order valence-corrected chi connectivity index (χ0v) is 11.8. The fourth-order valence-electron chi connectivity index (χ4n) is 1.20. The molecule has 0 fully saturated rings. The number of carbonyl (C=O) groups excluding carboxylic acids is 1. The van der Waals surface area contributed by atoms with Gasteiger partial charge >= 0.3 is 0 Å². The summed E-state index contributed by atoms with van der Waals surface area (Å²) in [6.45, 7) is 4.42. The molecule has 1 aromatic heterocycles. The topological polar surface area (TPSA) is 49.3 Å². The van der Waals surface area contributed by atoms with Gasteiger partial charge in [-0.3, -0.25) is 4.79 Å². The Morgan fingerprint density at radius 2 is 2.31 bits per heavy atom. The largest absolute Gasteiger partial charge is 0.393 e. The van der Waals surface area contributed by atoms with Crippen molar-refractivity contribution in [2.45, 2.75) is 26.4 Å². The number of amides is 1. The number of hydrogen-bond donors (Lipinski definition) is 2. The average molecular weight is 306 g/mol. The van der Waals surface area contributed by atoms with Gasteiger partial charge in [0.2, 0.25) is 0 Å². The van der Waals surface area contributed by atoms with E-state index < -0.39 is 0 Å². The molecular weight excluding hydrogens is 290 g/mol. The highest BCUT2D eigenvalue weighted by Crippen LogP contribution is 2.22. The molecule has 90 valence electrons. The standard InChI is InChI=1S/C11H16BrNO2S/c1-7(2)9(14)3-5-13-11(15)10-8(12)4-6-16-10/h4,6-7,9,14H,3,5H2,1-2H3,(H,13,15). The summed E-state index contributed by atoms with van der Waals surface area (Å²) in [6, 6.07) is 1.85.